The zero-order chi connectivity index (χ0) is 35.5. The highest BCUT2D eigenvalue weighted by atomic mass is 16.2. The Labute approximate surface area is 302 Å². The molecule has 256 valence electrons. The fourth-order valence-corrected chi connectivity index (χ4v) is 6.09. The molecule has 2 amide bonds. The number of carbonyl (C=O) groups is 2. The molecule has 0 aliphatic heterocycles. The number of para-hydroxylation sites is 4. The lowest BCUT2D eigenvalue weighted by atomic mass is 10.1. The molecule has 0 radical (unpaired) electrons. The number of imidazole rings is 2. The molecule has 52 heavy (non-hydrogen) atoms. The maximum Gasteiger partial charge on any atom is 0.257 e. The van der Waals surface area contributed by atoms with Crippen molar-refractivity contribution >= 4 is 45.8 Å². The molecule has 8 heteroatoms. The second-order valence-corrected chi connectivity index (χ2v) is 12.3. The third-order valence-electron chi connectivity index (χ3n) is 8.77. The molecule has 2 aromatic heterocycles. The van der Waals surface area contributed by atoms with Crippen LogP contribution in [0.25, 0.3) is 22.1 Å². The fourth-order valence-electron chi connectivity index (χ4n) is 6.09. The number of anilines is 2. The molecular formula is C44H38N6O2. The summed E-state index contributed by atoms with van der Waals surface area (Å²) in [4.78, 5) is 34.3. The number of aryl methyl sites for hydroxylation is 4. The minimum atomic E-state index is -0.151. The van der Waals surface area contributed by atoms with Gasteiger partial charge >= 0.3 is 0 Å². The van der Waals surface area contributed by atoms with E-state index in [4.69, 9.17) is 0 Å². The van der Waals surface area contributed by atoms with Gasteiger partial charge in [-0.15, -0.1) is 0 Å². The minimum Gasteiger partial charge on any atom is -0.310 e. The molecule has 6 aromatic carbocycles. The van der Waals surface area contributed by atoms with Gasteiger partial charge in [-0.25, -0.2) is 9.97 Å². The average Bonchev–Trinajstić information content (AvgIpc) is 3.74. The molecule has 8 rings (SSSR count). The normalized spacial score (nSPS) is 10.8. The van der Waals surface area contributed by atoms with Crippen molar-refractivity contribution in [1.29, 1.82) is 0 Å². The first kappa shape index (κ1) is 33.7. The van der Waals surface area contributed by atoms with Crippen LogP contribution in [0, 0.1) is 0 Å². The molecule has 0 aliphatic rings. The molecule has 0 saturated carbocycles. The zero-order valence-electron chi connectivity index (χ0n) is 28.6. The van der Waals surface area contributed by atoms with Crippen LogP contribution >= 0.6 is 0 Å². The Balaban J connectivity index is 0.000000162. The van der Waals surface area contributed by atoms with Gasteiger partial charge < -0.3 is 9.13 Å². The molecule has 0 unspecified atom stereocenters. The fraction of sp³-hybridized carbons (Fsp3) is 0.0909. The molecule has 0 aliphatic carbocycles. The third-order valence-corrected chi connectivity index (χ3v) is 8.77. The van der Waals surface area contributed by atoms with E-state index in [0.29, 0.717) is 23.0 Å². The second kappa shape index (κ2) is 16.3. The van der Waals surface area contributed by atoms with Crippen LogP contribution in [0.4, 0.5) is 11.9 Å². The van der Waals surface area contributed by atoms with E-state index in [2.05, 4.69) is 54.0 Å². The number of rotatable bonds is 10. The third kappa shape index (κ3) is 8.14. The predicted octanol–water partition coefficient (Wildman–Crippen LogP) is 9.06. The Morgan fingerprint density at radius 1 is 0.423 bits per heavy atom. The van der Waals surface area contributed by atoms with Crippen LogP contribution in [0.1, 0.15) is 31.8 Å². The first-order valence-electron chi connectivity index (χ1n) is 17.3. The minimum absolute atomic E-state index is 0.151. The lowest BCUT2D eigenvalue weighted by molar-refractivity contribution is 0.101. The van der Waals surface area contributed by atoms with Gasteiger partial charge in [0.15, 0.2) is 0 Å². The highest BCUT2D eigenvalue weighted by Crippen LogP contribution is 2.22. The SMILES string of the molecule is O=C(Nc1nc2ccccc2n1CCc1ccccc1)c1ccccc1.O=C(Nc1nc2ccccc2n1CCc1ccccc1)c1ccccc1. The summed E-state index contributed by atoms with van der Waals surface area (Å²) in [5.41, 5.74) is 7.55. The van der Waals surface area contributed by atoms with Crippen LogP contribution in [-0.2, 0) is 25.9 Å². The summed E-state index contributed by atoms with van der Waals surface area (Å²) in [5, 5.41) is 5.93. The molecule has 2 N–H and O–H groups in total. The van der Waals surface area contributed by atoms with E-state index < -0.39 is 0 Å². The number of benzene rings is 6. The summed E-state index contributed by atoms with van der Waals surface area (Å²) in [6, 6.07) is 54.9. The van der Waals surface area contributed by atoms with Crippen LogP contribution in [0.3, 0.4) is 0 Å². The molecule has 0 saturated heterocycles. The summed E-state index contributed by atoms with van der Waals surface area (Å²) in [7, 11) is 0. The molecule has 8 aromatic rings. The summed E-state index contributed by atoms with van der Waals surface area (Å²) >= 11 is 0. The van der Waals surface area contributed by atoms with Crippen molar-refractivity contribution in [3.05, 3.63) is 192 Å². The van der Waals surface area contributed by atoms with Gasteiger partial charge in [-0.2, -0.15) is 0 Å². The molecule has 0 spiro atoms. The number of hydrogen-bond donors (Lipinski definition) is 2. The Morgan fingerprint density at radius 3 is 1.13 bits per heavy atom. The van der Waals surface area contributed by atoms with Crippen molar-refractivity contribution in [2.75, 3.05) is 10.6 Å². The summed E-state index contributed by atoms with van der Waals surface area (Å²) in [5.74, 6) is 0.857. The van der Waals surface area contributed by atoms with E-state index in [1.165, 1.54) is 11.1 Å². The van der Waals surface area contributed by atoms with Crippen molar-refractivity contribution in [2.45, 2.75) is 25.9 Å². The van der Waals surface area contributed by atoms with Crippen molar-refractivity contribution in [1.82, 2.24) is 19.1 Å². The highest BCUT2D eigenvalue weighted by Gasteiger charge is 2.16. The Kier molecular flexibility index (Phi) is 10.5. The van der Waals surface area contributed by atoms with E-state index in [1.807, 2.05) is 121 Å². The van der Waals surface area contributed by atoms with Gasteiger partial charge in [0.25, 0.3) is 11.8 Å². The largest absolute Gasteiger partial charge is 0.310 e. The van der Waals surface area contributed by atoms with Crippen LogP contribution in [0.15, 0.2) is 170 Å². The van der Waals surface area contributed by atoms with Crippen molar-refractivity contribution in [3.8, 4) is 0 Å². The standard InChI is InChI=1S/2C22H19N3O/c2*26-21(18-11-5-2-6-12-18)24-22-23-19-13-7-8-14-20(19)25(22)16-15-17-9-3-1-4-10-17/h2*1-14H,15-16H2,(H,23,24,26). The molecular weight excluding hydrogens is 645 g/mol. The number of amides is 2. The first-order valence-corrected chi connectivity index (χ1v) is 17.3. The monoisotopic (exact) mass is 682 g/mol. The van der Waals surface area contributed by atoms with Gasteiger partial charge in [-0.1, -0.05) is 121 Å². The molecule has 0 bridgehead atoms. The Bertz CT molecular complexity index is 2220. The lowest BCUT2D eigenvalue weighted by Gasteiger charge is -2.10. The van der Waals surface area contributed by atoms with Crippen LogP contribution in [0.2, 0.25) is 0 Å². The van der Waals surface area contributed by atoms with E-state index in [0.717, 1.165) is 48.0 Å². The van der Waals surface area contributed by atoms with Gasteiger partial charge in [0.1, 0.15) is 0 Å². The van der Waals surface area contributed by atoms with Gasteiger partial charge in [0, 0.05) is 24.2 Å². The van der Waals surface area contributed by atoms with Crippen LogP contribution in [-0.4, -0.2) is 30.9 Å². The van der Waals surface area contributed by atoms with Crippen LogP contribution in [0.5, 0.6) is 0 Å². The zero-order valence-corrected chi connectivity index (χ0v) is 28.6. The number of hydrogen-bond acceptors (Lipinski definition) is 4. The van der Waals surface area contributed by atoms with E-state index >= 15 is 0 Å². The number of carbonyl (C=O) groups excluding carboxylic acids is 2. The van der Waals surface area contributed by atoms with Gasteiger partial charge in [0.2, 0.25) is 11.9 Å². The van der Waals surface area contributed by atoms with Crippen molar-refractivity contribution in [3.63, 3.8) is 0 Å². The summed E-state index contributed by atoms with van der Waals surface area (Å²) < 4.78 is 4.15. The molecule has 0 fully saturated rings. The maximum atomic E-state index is 12.6. The number of fused-ring (bicyclic) bond motifs is 2. The average molecular weight is 683 g/mol. The Hall–Kier alpha value is -6.80. The van der Waals surface area contributed by atoms with Gasteiger partial charge in [-0.3, -0.25) is 20.2 Å². The number of nitrogens with zero attached hydrogens (tertiary/aromatic N) is 4. The number of aromatic nitrogens is 4. The summed E-state index contributed by atoms with van der Waals surface area (Å²) in [6.45, 7) is 1.49. The maximum absolute atomic E-state index is 12.6. The molecule has 2 heterocycles. The first-order chi connectivity index (χ1) is 25.6. The quantitative estimate of drug-likeness (QED) is 0.151. The van der Waals surface area contributed by atoms with Crippen LogP contribution < -0.4 is 10.6 Å². The van der Waals surface area contributed by atoms with Gasteiger partial charge in [-0.05, 0) is 72.5 Å². The van der Waals surface area contributed by atoms with Gasteiger partial charge in [0.05, 0.1) is 22.1 Å². The summed E-state index contributed by atoms with van der Waals surface area (Å²) in [6.07, 6.45) is 1.74. The highest BCUT2D eigenvalue weighted by molar-refractivity contribution is 6.04. The topological polar surface area (TPSA) is 93.8 Å². The molecule has 0 atom stereocenters. The van der Waals surface area contributed by atoms with E-state index in [-0.39, 0.29) is 11.8 Å². The smallest absolute Gasteiger partial charge is 0.257 e. The van der Waals surface area contributed by atoms with Crippen molar-refractivity contribution in [2.24, 2.45) is 0 Å². The predicted molar refractivity (Wildman–Crippen MR) is 209 cm³/mol. The Morgan fingerprint density at radius 2 is 0.750 bits per heavy atom. The van der Waals surface area contributed by atoms with E-state index in [1.54, 1.807) is 24.3 Å². The lowest BCUT2D eigenvalue weighted by Crippen LogP contribution is -2.16. The van der Waals surface area contributed by atoms with E-state index in [9.17, 15) is 9.59 Å². The second-order valence-electron chi connectivity index (χ2n) is 12.3. The molecule has 8 nitrogen and oxygen atoms in total. The number of nitrogens with one attached hydrogen (secondary N) is 2. The van der Waals surface area contributed by atoms with Crippen molar-refractivity contribution < 1.29 is 9.59 Å².